The Labute approximate surface area is 155 Å². The lowest BCUT2D eigenvalue weighted by Crippen LogP contribution is -2.33. The SMILES string of the molecule is [B]C(C)(C)SSCO[C@@H]1C[C@H](n2cc(C)c(=O)[nH]c2=O)OC1CCO. The first-order valence-corrected chi connectivity index (χ1v) is 10.3. The molecule has 0 amide bonds. The van der Waals surface area contributed by atoms with Crippen molar-refractivity contribution in [2.75, 3.05) is 12.5 Å². The zero-order valence-corrected chi connectivity index (χ0v) is 16.2. The number of aromatic nitrogens is 2. The van der Waals surface area contributed by atoms with Gasteiger partial charge in [0.05, 0.1) is 20.1 Å². The summed E-state index contributed by atoms with van der Waals surface area (Å²) in [5.41, 5.74) is -0.487. The number of nitrogens with zero attached hydrogens (tertiary/aromatic N) is 1. The van der Waals surface area contributed by atoms with Gasteiger partial charge in [-0.3, -0.25) is 14.3 Å². The second-order valence-electron chi connectivity index (χ2n) is 6.48. The molecule has 0 bridgehead atoms. The molecule has 0 spiro atoms. The molecule has 1 unspecified atom stereocenters. The molecule has 1 aromatic rings. The molecule has 7 nitrogen and oxygen atoms in total. The van der Waals surface area contributed by atoms with Gasteiger partial charge in [0.2, 0.25) is 0 Å². The average Bonchev–Trinajstić information content (AvgIpc) is 2.90. The summed E-state index contributed by atoms with van der Waals surface area (Å²) in [5.74, 6) is 0.424. The van der Waals surface area contributed by atoms with Crippen molar-refractivity contribution in [2.45, 2.75) is 56.7 Å². The fraction of sp³-hybridized carbons (Fsp3) is 0.733. The van der Waals surface area contributed by atoms with Gasteiger partial charge in [0.1, 0.15) is 12.2 Å². The number of aryl methyl sites for hydroxylation is 1. The van der Waals surface area contributed by atoms with Gasteiger partial charge in [-0.15, -0.1) is 0 Å². The lowest BCUT2D eigenvalue weighted by Gasteiger charge is -2.20. The van der Waals surface area contributed by atoms with E-state index in [1.807, 2.05) is 13.8 Å². The van der Waals surface area contributed by atoms with Gasteiger partial charge in [0.25, 0.3) is 5.56 Å². The summed E-state index contributed by atoms with van der Waals surface area (Å²) in [5, 5.41) is 9.24. The molecule has 1 aliphatic rings. The zero-order chi connectivity index (χ0) is 18.6. The molecule has 1 aliphatic heterocycles. The van der Waals surface area contributed by atoms with Gasteiger partial charge in [-0.05, 0) is 18.0 Å². The van der Waals surface area contributed by atoms with Gasteiger partial charge in [-0.25, -0.2) is 4.79 Å². The van der Waals surface area contributed by atoms with Crippen molar-refractivity contribution in [2.24, 2.45) is 0 Å². The predicted octanol–water partition coefficient (Wildman–Crippen LogP) is 1.14. The molecule has 2 radical (unpaired) electrons. The predicted molar refractivity (Wildman–Crippen MR) is 101 cm³/mol. The minimum absolute atomic E-state index is 0.0332. The third kappa shape index (κ3) is 5.92. The monoisotopic (exact) mass is 386 g/mol. The van der Waals surface area contributed by atoms with Crippen LogP contribution in [0.3, 0.4) is 0 Å². The third-order valence-electron chi connectivity index (χ3n) is 3.65. The normalized spacial score (nSPS) is 23.9. The molecule has 0 saturated carbocycles. The summed E-state index contributed by atoms with van der Waals surface area (Å²) in [4.78, 5) is 25.8. The van der Waals surface area contributed by atoms with E-state index in [2.05, 4.69) is 4.98 Å². The molecule has 1 fully saturated rings. The first kappa shape index (κ1) is 20.6. The molecule has 1 saturated heterocycles. The number of H-pyrrole nitrogens is 1. The maximum Gasteiger partial charge on any atom is 0.330 e. The molecule has 3 atom stereocenters. The van der Waals surface area contributed by atoms with Crippen molar-refractivity contribution < 1.29 is 14.6 Å². The first-order chi connectivity index (χ1) is 11.7. The molecule has 10 heteroatoms. The van der Waals surface area contributed by atoms with Gasteiger partial charge in [0, 0.05) is 24.8 Å². The van der Waals surface area contributed by atoms with Crippen LogP contribution in [0.25, 0.3) is 0 Å². The van der Waals surface area contributed by atoms with E-state index in [4.69, 9.17) is 17.3 Å². The van der Waals surface area contributed by atoms with E-state index in [1.54, 1.807) is 6.92 Å². The maximum absolute atomic E-state index is 12.0. The number of rotatable bonds is 8. The molecule has 25 heavy (non-hydrogen) atoms. The van der Waals surface area contributed by atoms with Gasteiger partial charge in [0.15, 0.2) is 0 Å². The third-order valence-corrected chi connectivity index (χ3v) is 6.36. The lowest BCUT2D eigenvalue weighted by molar-refractivity contribution is -0.0408. The second-order valence-corrected chi connectivity index (χ2v) is 9.38. The fourth-order valence-corrected chi connectivity index (χ4v) is 4.33. The molecule has 2 N–H and O–H groups in total. The number of aliphatic hydroxyl groups is 1. The van der Waals surface area contributed by atoms with Gasteiger partial charge < -0.3 is 14.6 Å². The van der Waals surface area contributed by atoms with E-state index >= 15 is 0 Å². The number of hydrogen-bond acceptors (Lipinski definition) is 7. The minimum atomic E-state index is -0.534. The van der Waals surface area contributed by atoms with Crippen LogP contribution in [0.5, 0.6) is 0 Å². The summed E-state index contributed by atoms with van der Waals surface area (Å²) in [6, 6.07) is 0. The molecule has 2 heterocycles. The Morgan fingerprint density at radius 3 is 2.88 bits per heavy atom. The Hall–Kier alpha value is -0.675. The Morgan fingerprint density at radius 1 is 1.52 bits per heavy atom. The molecule has 0 aromatic carbocycles. The lowest BCUT2D eigenvalue weighted by atomic mass is 9.91. The Balaban J connectivity index is 2.03. The van der Waals surface area contributed by atoms with Crippen LogP contribution in [0.1, 0.15) is 38.5 Å². The minimum Gasteiger partial charge on any atom is -0.396 e. The van der Waals surface area contributed by atoms with Crippen LogP contribution >= 0.6 is 21.6 Å². The second kappa shape index (κ2) is 8.81. The number of aromatic amines is 1. The Kier molecular flexibility index (Phi) is 7.27. The van der Waals surface area contributed by atoms with Crippen LogP contribution in [0.2, 0.25) is 0 Å². The van der Waals surface area contributed by atoms with E-state index in [9.17, 15) is 14.7 Å². The molecular formula is C15H23BN2O5S2. The summed E-state index contributed by atoms with van der Waals surface area (Å²) >= 11 is 0. The van der Waals surface area contributed by atoms with Crippen LogP contribution in [-0.4, -0.2) is 51.9 Å². The molecule has 2 rings (SSSR count). The van der Waals surface area contributed by atoms with Crippen LogP contribution < -0.4 is 11.2 Å². The van der Waals surface area contributed by atoms with Gasteiger partial charge in [-0.2, -0.15) is 0 Å². The zero-order valence-electron chi connectivity index (χ0n) is 14.6. The largest absolute Gasteiger partial charge is 0.396 e. The highest BCUT2D eigenvalue weighted by molar-refractivity contribution is 8.77. The summed E-state index contributed by atoms with van der Waals surface area (Å²) < 4.78 is 12.8. The van der Waals surface area contributed by atoms with E-state index in [0.717, 1.165) is 0 Å². The molecule has 1 aromatic heterocycles. The highest BCUT2D eigenvalue weighted by Crippen LogP contribution is 2.36. The quantitative estimate of drug-likeness (QED) is 0.300. The van der Waals surface area contributed by atoms with Crippen LogP contribution in [-0.2, 0) is 9.47 Å². The highest BCUT2D eigenvalue weighted by atomic mass is 33.1. The highest BCUT2D eigenvalue weighted by Gasteiger charge is 2.37. The molecule has 0 aliphatic carbocycles. The fourth-order valence-electron chi connectivity index (χ4n) is 2.52. The number of ether oxygens (including phenoxy) is 2. The summed E-state index contributed by atoms with van der Waals surface area (Å²) in [6.07, 6.45) is 1.28. The van der Waals surface area contributed by atoms with Crippen molar-refractivity contribution in [1.82, 2.24) is 9.55 Å². The van der Waals surface area contributed by atoms with Gasteiger partial charge >= 0.3 is 5.69 Å². The van der Waals surface area contributed by atoms with E-state index < -0.39 is 17.5 Å². The van der Waals surface area contributed by atoms with Crippen molar-refractivity contribution in [3.8, 4) is 0 Å². The molecular weight excluding hydrogens is 363 g/mol. The smallest absolute Gasteiger partial charge is 0.330 e. The van der Waals surface area contributed by atoms with E-state index in [-0.39, 0.29) is 23.5 Å². The number of hydrogen-bond donors (Lipinski definition) is 2. The summed E-state index contributed by atoms with van der Waals surface area (Å²) in [7, 11) is 8.93. The van der Waals surface area contributed by atoms with Crippen molar-refractivity contribution >= 4 is 29.4 Å². The van der Waals surface area contributed by atoms with Crippen LogP contribution in [0, 0.1) is 6.92 Å². The van der Waals surface area contributed by atoms with E-state index in [0.29, 0.717) is 24.3 Å². The van der Waals surface area contributed by atoms with Crippen LogP contribution in [0.4, 0.5) is 0 Å². The number of nitrogens with one attached hydrogen (secondary N) is 1. The molecule has 138 valence electrons. The van der Waals surface area contributed by atoms with Crippen molar-refractivity contribution in [1.29, 1.82) is 0 Å². The average molecular weight is 386 g/mol. The number of aliphatic hydroxyl groups excluding tert-OH is 1. The Bertz CT molecular complexity index is 688. The van der Waals surface area contributed by atoms with Crippen molar-refractivity contribution in [3.63, 3.8) is 0 Å². The maximum atomic E-state index is 12.0. The van der Waals surface area contributed by atoms with Crippen molar-refractivity contribution in [3.05, 3.63) is 32.6 Å². The van der Waals surface area contributed by atoms with Crippen LogP contribution in [0.15, 0.2) is 15.8 Å². The van der Waals surface area contributed by atoms with Gasteiger partial charge in [-0.1, -0.05) is 35.4 Å². The van der Waals surface area contributed by atoms with E-state index in [1.165, 1.54) is 32.4 Å². The Morgan fingerprint density at radius 2 is 2.24 bits per heavy atom. The topological polar surface area (TPSA) is 93.6 Å². The summed E-state index contributed by atoms with van der Waals surface area (Å²) in [6.45, 7) is 5.43. The standard InChI is InChI=1S/C15H23BN2O5S2/c1-9-7-18(14(21)17-13(9)20)12-6-11(10(23-12)4-5-19)22-8-24-25-15(2,3)16/h7,10-12,19H,4-6,8H2,1-3H3,(H,17,20,21)/t10?,11-,12-/m1/s1. The first-order valence-electron chi connectivity index (χ1n) is 8.01.